The van der Waals surface area contributed by atoms with Gasteiger partial charge in [0.25, 0.3) is 5.69 Å². The molecule has 0 saturated heterocycles. The van der Waals surface area contributed by atoms with E-state index in [1.807, 2.05) is 6.07 Å². The first-order valence-electron chi connectivity index (χ1n) is 7.11. The highest BCUT2D eigenvalue weighted by molar-refractivity contribution is 5.94. The summed E-state index contributed by atoms with van der Waals surface area (Å²) in [6, 6.07) is 13.3. The van der Waals surface area contributed by atoms with E-state index in [0.29, 0.717) is 16.9 Å². The van der Waals surface area contributed by atoms with E-state index in [1.165, 1.54) is 23.4 Å². The Bertz CT molecular complexity index is 877. The highest BCUT2D eigenvalue weighted by Crippen LogP contribution is 2.21. The van der Waals surface area contributed by atoms with Crippen molar-refractivity contribution in [2.75, 3.05) is 5.32 Å². The molecule has 1 aromatic heterocycles. The monoisotopic (exact) mass is 323 g/mol. The number of carbonyl (C=O) groups excluding carboxylic acids is 1. The summed E-state index contributed by atoms with van der Waals surface area (Å²) < 4.78 is 1.53. The molecule has 3 aromatic rings. The van der Waals surface area contributed by atoms with E-state index in [0.717, 1.165) is 0 Å². The van der Waals surface area contributed by atoms with Gasteiger partial charge in [-0.25, -0.2) is 9.67 Å². The molecule has 0 saturated carbocycles. The molecule has 0 radical (unpaired) electrons. The summed E-state index contributed by atoms with van der Waals surface area (Å²) in [5, 5.41) is 17.8. The van der Waals surface area contributed by atoms with Gasteiger partial charge in [0.2, 0.25) is 5.91 Å². The van der Waals surface area contributed by atoms with Gasteiger partial charge in [0.1, 0.15) is 12.7 Å². The number of benzene rings is 2. The average molecular weight is 323 g/mol. The summed E-state index contributed by atoms with van der Waals surface area (Å²) in [7, 11) is 0. The molecule has 0 aliphatic heterocycles. The van der Waals surface area contributed by atoms with Gasteiger partial charge in [-0.05, 0) is 12.1 Å². The zero-order valence-electron chi connectivity index (χ0n) is 12.5. The summed E-state index contributed by atoms with van der Waals surface area (Å²) >= 11 is 0. The number of para-hydroxylation sites is 3. The van der Waals surface area contributed by atoms with E-state index in [9.17, 15) is 14.9 Å². The van der Waals surface area contributed by atoms with Gasteiger partial charge < -0.3 is 5.32 Å². The molecule has 2 aromatic carbocycles. The van der Waals surface area contributed by atoms with Crippen LogP contribution in [0.2, 0.25) is 0 Å². The van der Waals surface area contributed by atoms with Gasteiger partial charge in [-0.15, -0.1) is 0 Å². The SMILES string of the molecule is O=C(Cc1ccccc1[N+](=O)[O-])Nc1ccccc1-n1cncn1. The number of nitrogens with one attached hydrogen (secondary N) is 1. The third-order valence-corrected chi connectivity index (χ3v) is 3.38. The molecule has 1 N–H and O–H groups in total. The average Bonchev–Trinajstić information content (AvgIpc) is 3.10. The number of hydrogen-bond acceptors (Lipinski definition) is 5. The molecule has 1 heterocycles. The zero-order valence-corrected chi connectivity index (χ0v) is 12.5. The fourth-order valence-corrected chi connectivity index (χ4v) is 2.32. The molecule has 0 bridgehead atoms. The number of nitrogens with zero attached hydrogens (tertiary/aromatic N) is 4. The molecular formula is C16H13N5O3. The van der Waals surface area contributed by atoms with Gasteiger partial charge in [0.05, 0.1) is 22.7 Å². The number of hydrogen-bond donors (Lipinski definition) is 1. The van der Waals surface area contributed by atoms with Crippen LogP contribution in [-0.4, -0.2) is 25.6 Å². The predicted octanol–water partition coefficient (Wildman–Crippen LogP) is 2.36. The van der Waals surface area contributed by atoms with Crippen molar-refractivity contribution in [1.29, 1.82) is 0 Å². The molecule has 0 unspecified atom stereocenters. The van der Waals surface area contributed by atoms with E-state index in [1.54, 1.807) is 36.4 Å². The van der Waals surface area contributed by atoms with E-state index in [-0.39, 0.29) is 18.0 Å². The van der Waals surface area contributed by atoms with Crippen molar-refractivity contribution in [3.8, 4) is 5.69 Å². The normalized spacial score (nSPS) is 10.3. The van der Waals surface area contributed by atoms with Crippen molar-refractivity contribution in [2.24, 2.45) is 0 Å². The van der Waals surface area contributed by atoms with Crippen LogP contribution in [0, 0.1) is 10.1 Å². The van der Waals surface area contributed by atoms with Crippen molar-refractivity contribution in [1.82, 2.24) is 14.8 Å². The molecule has 0 atom stereocenters. The predicted molar refractivity (Wildman–Crippen MR) is 86.8 cm³/mol. The molecule has 3 rings (SSSR count). The van der Waals surface area contributed by atoms with Gasteiger partial charge in [0, 0.05) is 11.6 Å². The maximum Gasteiger partial charge on any atom is 0.273 e. The third kappa shape index (κ3) is 3.27. The van der Waals surface area contributed by atoms with E-state index in [2.05, 4.69) is 15.4 Å². The molecule has 8 heteroatoms. The second kappa shape index (κ2) is 6.69. The highest BCUT2D eigenvalue weighted by Gasteiger charge is 2.16. The van der Waals surface area contributed by atoms with Crippen molar-refractivity contribution in [3.05, 3.63) is 76.9 Å². The van der Waals surface area contributed by atoms with Crippen LogP contribution in [0.1, 0.15) is 5.56 Å². The number of nitro benzene ring substituents is 1. The largest absolute Gasteiger partial charge is 0.324 e. The molecule has 0 spiro atoms. The Morgan fingerprint density at radius 3 is 2.67 bits per heavy atom. The van der Waals surface area contributed by atoms with Gasteiger partial charge in [-0.1, -0.05) is 30.3 Å². The van der Waals surface area contributed by atoms with E-state index in [4.69, 9.17) is 0 Å². The quantitative estimate of drug-likeness (QED) is 0.573. The van der Waals surface area contributed by atoms with E-state index >= 15 is 0 Å². The molecule has 8 nitrogen and oxygen atoms in total. The van der Waals surface area contributed by atoms with Crippen LogP contribution in [0.3, 0.4) is 0 Å². The Hall–Kier alpha value is -3.55. The van der Waals surface area contributed by atoms with Gasteiger partial charge in [-0.3, -0.25) is 14.9 Å². The van der Waals surface area contributed by atoms with Crippen LogP contribution in [0.4, 0.5) is 11.4 Å². The Labute approximate surface area is 136 Å². The number of aromatic nitrogens is 3. The lowest BCUT2D eigenvalue weighted by Crippen LogP contribution is -2.16. The summed E-state index contributed by atoms with van der Waals surface area (Å²) in [6.45, 7) is 0. The molecule has 24 heavy (non-hydrogen) atoms. The molecule has 0 fully saturated rings. The van der Waals surface area contributed by atoms with Gasteiger partial charge in [0.15, 0.2) is 0 Å². The first kappa shape index (κ1) is 15.3. The van der Waals surface area contributed by atoms with E-state index < -0.39 is 4.92 Å². The van der Waals surface area contributed by atoms with Crippen LogP contribution in [0.25, 0.3) is 5.69 Å². The zero-order chi connectivity index (χ0) is 16.9. The Morgan fingerprint density at radius 1 is 1.17 bits per heavy atom. The molecule has 120 valence electrons. The molecule has 0 aliphatic rings. The number of nitro groups is 1. The maximum absolute atomic E-state index is 12.3. The lowest BCUT2D eigenvalue weighted by atomic mass is 10.1. The fraction of sp³-hybridized carbons (Fsp3) is 0.0625. The number of carbonyl (C=O) groups is 1. The minimum absolute atomic E-state index is 0.0720. The second-order valence-electron chi connectivity index (χ2n) is 4.97. The van der Waals surface area contributed by atoms with Crippen LogP contribution in [0.5, 0.6) is 0 Å². The van der Waals surface area contributed by atoms with Crippen LogP contribution < -0.4 is 5.32 Å². The summed E-state index contributed by atoms with van der Waals surface area (Å²) in [4.78, 5) is 26.7. The minimum Gasteiger partial charge on any atom is -0.324 e. The minimum atomic E-state index is -0.494. The summed E-state index contributed by atoms with van der Waals surface area (Å²) in [5.74, 6) is -0.350. The summed E-state index contributed by atoms with van der Waals surface area (Å²) in [5.41, 5.74) is 1.49. The van der Waals surface area contributed by atoms with Crippen LogP contribution in [-0.2, 0) is 11.2 Å². The van der Waals surface area contributed by atoms with Gasteiger partial charge in [-0.2, -0.15) is 5.10 Å². The standard InChI is InChI=1S/C16H13N5O3/c22-16(9-12-5-1-3-7-14(12)21(23)24)19-13-6-2-4-8-15(13)20-11-17-10-18-20/h1-8,10-11H,9H2,(H,19,22). The maximum atomic E-state index is 12.3. The molecule has 1 amide bonds. The van der Waals surface area contributed by atoms with Crippen LogP contribution in [0.15, 0.2) is 61.2 Å². The van der Waals surface area contributed by atoms with Crippen molar-refractivity contribution in [2.45, 2.75) is 6.42 Å². The van der Waals surface area contributed by atoms with Crippen molar-refractivity contribution >= 4 is 17.3 Å². The third-order valence-electron chi connectivity index (χ3n) is 3.38. The fourth-order valence-electron chi connectivity index (χ4n) is 2.32. The summed E-state index contributed by atoms with van der Waals surface area (Å²) in [6.07, 6.45) is 2.82. The molecular weight excluding hydrogens is 310 g/mol. The number of anilines is 1. The topological polar surface area (TPSA) is 103 Å². The van der Waals surface area contributed by atoms with Crippen molar-refractivity contribution in [3.63, 3.8) is 0 Å². The second-order valence-corrected chi connectivity index (χ2v) is 4.97. The Kier molecular flexibility index (Phi) is 4.28. The first-order valence-corrected chi connectivity index (χ1v) is 7.11. The van der Waals surface area contributed by atoms with Crippen LogP contribution >= 0.6 is 0 Å². The van der Waals surface area contributed by atoms with Crippen molar-refractivity contribution < 1.29 is 9.72 Å². The number of rotatable bonds is 5. The Balaban J connectivity index is 1.81. The lowest BCUT2D eigenvalue weighted by Gasteiger charge is -2.10. The smallest absolute Gasteiger partial charge is 0.273 e. The first-order chi connectivity index (χ1) is 11.6. The van der Waals surface area contributed by atoms with Gasteiger partial charge >= 0.3 is 0 Å². The molecule has 0 aliphatic carbocycles. The number of amides is 1. The lowest BCUT2D eigenvalue weighted by molar-refractivity contribution is -0.385. The highest BCUT2D eigenvalue weighted by atomic mass is 16.6. The Morgan fingerprint density at radius 2 is 1.92 bits per heavy atom.